The van der Waals surface area contributed by atoms with Gasteiger partial charge >= 0.3 is 6.09 Å². The molecule has 1 N–H and O–H groups in total. The molecule has 11 heavy (non-hydrogen) atoms. The maximum atomic E-state index is 10.7. The van der Waals surface area contributed by atoms with Gasteiger partial charge in [0.2, 0.25) is 0 Å². The Hall–Kier alpha value is -0.730. The lowest BCUT2D eigenvalue weighted by molar-refractivity contribution is 0.172. The summed E-state index contributed by atoms with van der Waals surface area (Å²) in [6.45, 7) is 2.60. The highest BCUT2D eigenvalue weighted by atomic mass is 16.6. The maximum Gasteiger partial charge on any atom is 0.407 e. The van der Waals surface area contributed by atoms with E-state index in [9.17, 15) is 4.79 Å². The van der Waals surface area contributed by atoms with E-state index in [1.165, 1.54) is 12.8 Å². The number of nitrogens with one attached hydrogen (secondary N) is 1. The summed E-state index contributed by atoms with van der Waals surface area (Å²) in [7, 11) is 0. The van der Waals surface area contributed by atoms with Gasteiger partial charge in [-0.25, -0.2) is 4.79 Å². The lowest BCUT2D eigenvalue weighted by Gasteiger charge is -2.19. The Bertz CT molecular complexity index is 189. The lowest BCUT2D eigenvalue weighted by Crippen LogP contribution is -2.40. The second-order valence-corrected chi connectivity index (χ2v) is 3.91. The molecule has 1 saturated heterocycles. The SMILES string of the molecule is CC1(CC2CC2)COC(=O)N1. The van der Waals surface area contributed by atoms with Crippen molar-refractivity contribution < 1.29 is 9.53 Å². The number of cyclic esters (lactones) is 1. The summed E-state index contributed by atoms with van der Waals surface area (Å²) in [5.41, 5.74) is -0.0712. The Morgan fingerprint density at radius 1 is 1.73 bits per heavy atom. The van der Waals surface area contributed by atoms with Crippen molar-refractivity contribution in [1.82, 2.24) is 5.32 Å². The smallest absolute Gasteiger partial charge is 0.407 e. The highest BCUT2D eigenvalue weighted by Crippen LogP contribution is 2.37. The van der Waals surface area contributed by atoms with Crippen molar-refractivity contribution >= 4 is 6.09 Å². The Labute approximate surface area is 66.1 Å². The number of carbonyl (C=O) groups excluding carboxylic acids is 1. The molecule has 0 aromatic heterocycles. The van der Waals surface area contributed by atoms with Crippen LogP contribution in [0.4, 0.5) is 4.79 Å². The highest BCUT2D eigenvalue weighted by molar-refractivity contribution is 5.70. The van der Waals surface area contributed by atoms with Crippen molar-refractivity contribution in [3.05, 3.63) is 0 Å². The van der Waals surface area contributed by atoms with Gasteiger partial charge in [-0.05, 0) is 19.3 Å². The second-order valence-electron chi connectivity index (χ2n) is 3.91. The first kappa shape index (κ1) is 6.95. The molecule has 1 aliphatic heterocycles. The molecule has 1 aliphatic carbocycles. The summed E-state index contributed by atoms with van der Waals surface area (Å²) in [6.07, 6.45) is 3.48. The van der Waals surface area contributed by atoms with Gasteiger partial charge in [-0.1, -0.05) is 12.8 Å². The third-order valence-electron chi connectivity index (χ3n) is 2.36. The predicted octanol–water partition coefficient (Wildman–Crippen LogP) is 1.28. The molecule has 3 nitrogen and oxygen atoms in total. The van der Waals surface area contributed by atoms with Gasteiger partial charge in [0.15, 0.2) is 0 Å². The third kappa shape index (κ3) is 1.47. The van der Waals surface area contributed by atoms with E-state index in [-0.39, 0.29) is 11.6 Å². The monoisotopic (exact) mass is 155 g/mol. The molecule has 1 saturated carbocycles. The minimum Gasteiger partial charge on any atom is -0.447 e. The maximum absolute atomic E-state index is 10.7. The van der Waals surface area contributed by atoms with E-state index in [4.69, 9.17) is 4.74 Å². The summed E-state index contributed by atoms with van der Waals surface area (Å²) >= 11 is 0. The molecule has 0 bridgehead atoms. The first-order valence-corrected chi connectivity index (χ1v) is 4.13. The van der Waals surface area contributed by atoms with Gasteiger partial charge in [-0.2, -0.15) is 0 Å². The Morgan fingerprint density at radius 2 is 2.45 bits per heavy atom. The van der Waals surface area contributed by atoms with Gasteiger partial charge in [-0.3, -0.25) is 0 Å². The molecule has 0 aromatic carbocycles. The van der Waals surface area contributed by atoms with Gasteiger partial charge in [0.05, 0.1) is 5.54 Å². The fraction of sp³-hybridized carbons (Fsp3) is 0.875. The number of rotatable bonds is 2. The average molecular weight is 155 g/mol. The van der Waals surface area contributed by atoms with Crippen molar-refractivity contribution in [1.29, 1.82) is 0 Å². The molecule has 2 rings (SSSR count). The quantitative estimate of drug-likeness (QED) is 0.652. The predicted molar refractivity (Wildman–Crippen MR) is 40.2 cm³/mol. The van der Waals surface area contributed by atoms with Gasteiger partial charge in [-0.15, -0.1) is 0 Å². The zero-order chi connectivity index (χ0) is 7.90. The number of amides is 1. The van der Waals surface area contributed by atoms with Crippen LogP contribution in [0.15, 0.2) is 0 Å². The van der Waals surface area contributed by atoms with Crippen LogP contribution in [0.1, 0.15) is 26.2 Å². The molecule has 1 unspecified atom stereocenters. The minimum absolute atomic E-state index is 0.0712. The van der Waals surface area contributed by atoms with Crippen molar-refractivity contribution in [3.8, 4) is 0 Å². The second kappa shape index (κ2) is 2.13. The Morgan fingerprint density at radius 3 is 2.91 bits per heavy atom. The molecule has 1 amide bonds. The fourth-order valence-corrected chi connectivity index (χ4v) is 1.61. The van der Waals surface area contributed by atoms with Gasteiger partial charge in [0, 0.05) is 0 Å². The van der Waals surface area contributed by atoms with E-state index < -0.39 is 0 Å². The summed E-state index contributed by atoms with van der Waals surface area (Å²) in [4.78, 5) is 10.7. The summed E-state index contributed by atoms with van der Waals surface area (Å²) < 4.78 is 4.85. The molecule has 3 heteroatoms. The summed E-state index contributed by atoms with van der Waals surface area (Å²) in [5.74, 6) is 0.835. The van der Waals surface area contributed by atoms with Crippen LogP contribution in [0, 0.1) is 5.92 Å². The molecule has 1 heterocycles. The van der Waals surface area contributed by atoms with Crippen LogP contribution in [0.5, 0.6) is 0 Å². The molecule has 62 valence electrons. The number of alkyl carbamates (subject to hydrolysis) is 1. The molecule has 2 aliphatic rings. The normalized spacial score (nSPS) is 36.6. The summed E-state index contributed by atoms with van der Waals surface area (Å²) in [5, 5.41) is 2.84. The molecule has 0 radical (unpaired) electrons. The molecule has 0 spiro atoms. The van der Waals surface area contributed by atoms with E-state index in [2.05, 4.69) is 12.2 Å². The molecule has 1 atom stereocenters. The van der Waals surface area contributed by atoms with Crippen LogP contribution in [0.2, 0.25) is 0 Å². The van der Waals surface area contributed by atoms with E-state index in [0.717, 1.165) is 12.3 Å². The highest BCUT2D eigenvalue weighted by Gasteiger charge is 2.39. The van der Waals surface area contributed by atoms with Gasteiger partial charge < -0.3 is 10.1 Å². The van der Waals surface area contributed by atoms with Crippen LogP contribution in [-0.4, -0.2) is 18.2 Å². The topological polar surface area (TPSA) is 38.3 Å². The molecular weight excluding hydrogens is 142 g/mol. The van der Waals surface area contributed by atoms with E-state index in [1.54, 1.807) is 0 Å². The summed E-state index contributed by atoms with van der Waals surface area (Å²) in [6, 6.07) is 0. The molecular formula is C8H13NO2. The van der Waals surface area contributed by atoms with Crippen molar-refractivity contribution in [2.75, 3.05) is 6.61 Å². The lowest BCUT2D eigenvalue weighted by atomic mass is 9.97. The molecule has 2 fully saturated rings. The van der Waals surface area contributed by atoms with Crippen LogP contribution in [0.25, 0.3) is 0 Å². The number of hydrogen-bond acceptors (Lipinski definition) is 2. The van der Waals surface area contributed by atoms with Gasteiger partial charge in [0.25, 0.3) is 0 Å². The largest absolute Gasteiger partial charge is 0.447 e. The van der Waals surface area contributed by atoms with Crippen molar-refractivity contribution in [2.24, 2.45) is 5.92 Å². The fourth-order valence-electron chi connectivity index (χ4n) is 1.61. The van der Waals surface area contributed by atoms with Crippen LogP contribution in [0.3, 0.4) is 0 Å². The minimum atomic E-state index is -0.256. The third-order valence-corrected chi connectivity index (χ3v) is 2.36. The van der Waals surface area contributed by atoms with E-state index >= 15 is 0 Å². The van der Waals surface area contributed by atoms with Crippen LogP contribution >= 0.6 is 0 Å². The van der Waals surface area contributed by atoms with Crippen LogP contribution in [-0.2, 0) is 4.74 Å². The average Bonchev–Trinajstić information content (AvgIpc) is 2.62. The van der Waals surface area contributed by atoms with E-state index in [0.29, 0.717) is 6.61 Å². The first-order valence-electron chi connectivity index (χ1n) is 4.13. The number of ether oxygens (including phenoxy) is 1. The van der Waals surface area contributed by atoms with Crippen LogP contribution < -0.4 is 5.32 Å². The number of hydrogen-bond donors (Lipinski definition) is 1. The Balaban J connectivity index is 1.92. The zero-order valence-corrected chi connectivity index (χ0v) is 6.72. The standard InChI is InChI=1S/C8H13NO2/c1-8(4-6-2-3-6)5-11-7(10)9-8/h6H,2-5H2,1H3,(H,9,10). The van der Waals surface area contributed by atoms with Crippen molar-refractivity contribution in [3.63, 3.8) is 0 Å². The van der Waals surface area contributed by atoms with Crippen molar-refractivity contribution in [2.45, 2.75) is 31.7 Å². The number of carbonyl (C=O) groups is 1. The first-order chi connectivity index (χ1) is 5.18. The van der Waals surface area contributed by atoms with Gasteiger partial charge in [0.1, 0.15) is 6.61 Å². The molecule has 0 aromatic rings. The van der Waals surface area contributed by atoms with E-state index in [1.807, 2.05) is 0 Å². The Kier molecular flexibility index (Phi) is 1.34. The zero-order valence-electron chi connectivity index (χ0n) is 6.72.